The third-order valence-corrected chi connectivity index (χ3v) is 6.54. The van der Waals surface area contributed by atoms with Crippen LogP contribution in [0.3, 0.4) is 0 Å². The first-order chi connectivity index (χ1) is 11.6. The molecule has 0 spiro atoms. The van der Waals surface area contributed by atoms with Gasteiger partial charge in [0.2, 0.25) is 15.9 Å². The smallest absolute Gasteiger partial charge is 0.308 e. The van der Waals surface area contributed by atoms with Gasteiger partial charge in [-0.2, -0.15) is 4.31 Å². The summed E-state index contributed by atoms with van der Waals surface area (Å²) in [5, 5.41) is 15.1. The van der Waals surface area contributed by atoms with Gasteiger partial charge in [-0.1, -0.05) is 12.1 Å². The van der Waals surface area contributed by atoms with Crippen molar-refractivity contribution in [1.82, 2.24) is 14.8 Å². The molecule has 0 bridgehead atoms. The van der Waals surface area contributed by atoms with Crippen molar-refractivity contribution in [3.05, 3.63) is 11.5 Å². The Morgan fingerprint density at radius 1 is 1.36 bits per heavy atom. The van der Waals surface area contributed by atoms with Crippen molar-refractivity contribution in [3.63, 3.8) is 0 Å². The summed E-state index contributed by atoms with van der Waals surface area (Å²) >= 11 is 0. The lowest BCUT2D eigenvalue weighted by Gasteiger charge is -2.30. The van der Waals surface area contributed by atoms with Gasteiger partial charge in [0.05, 0.1) is 5.92 Å². The van der Waals surface area contributed by atoms with Crippen LogP contribution in [-0.2, 0) is 19.6 Å². The number of piperidine rings is 1. The average Bonchev–Trinajstić information content (AvgIpc) is 2.91. The van der Waals surface area contributed by atoms with Crippen molar-refractivity contribution in [3.8, 4) is 0 Å². The Kier molecular flexibility index (Phi) is 5.83. The van der Waals surface area contributed by atoms with Crippen molar-refractivity contribution in [2.24, 2.45) is 11.8 Å². The van der Waals surface area contributed by atoms with E-state index in [1.807, 2.05) is 0 Å². The van der Waals surface area contributed by atoms with Crippen LogP contribution in [0.15, 0.2) is 9.42 Å². The fraction of sp³-hybridized carbons (Fsp3) is 0.667. The molecule has 10 heteroatoms. The largest absolute Gasteiger partial charge is 0.481 e. The van der Waals surface area contributed by atoms with E-state index < -0.39 is 21.9 Å². The van der Waals surface area contributed by atoms with E-state index >= 15 is 0 Å². The highest BCUT2D eigenvalue weighted by Gasteiger charge is 2.35. The predicted octanol–water partition coefficient (Wildman–Crippen LogP) is 0.529. The van der Waals surface area contributed by atoms with Crippen LogP contribution in [0.5, 0.6) is 0 Å². The van der Waals surface area contributed by atoms with Crippen LogP contribution >= 0.6 is 0 Å². The zero-order chi connectivity index (χ0) is 18.8. The standard InChI is InChI=1S/C15H23N3O6S/c1-9(15(20)21)8-16-14(19)12-4-6-18(7-5-12)25(22,23)13-10(2)17-24-11(13)3/h9,12H,4-8H2,1-3H3,(H,16,19)(H,20,21). The van der Waals surface area contributed by atoms with Crippen LogP contribution in [0.4, 0.5) is 0 Å². The maximum atomic E-state index is 12.7. The molecule has 0 aliphatic carbocycles. The summed E-state index contributed by atoms with van der Waals surface area (Å²) in [6.45, 7) is 5.15. The molecule has 0 radical (unpaired) electrons. The first kappa shape index (κ1) is 19.4. The van der Waals surface area contributed by atoms with Crippen molar-refractivity contribution < 1.29 is 27.6 Å². The van der Waals surface area contributed by atoms with Gasteiger partial charge in [-0.3, -0.25) is 9.59 Å². The van der Waals surface area contributed by atoms with Gasteiger partial charge in [-0.25, -0.2) is 8.42 Å². The number of sulfonamides is 1. The second-order valence-electron chi connectivity index (χ2n) is 6.32. The molecule has 2 heterocycles. The summed E-state index contributed by atoms with van der Waals surface area (Å²) in [6, 6.07) is 0. The minimum atomic E-state index is -3.70. The highest BCUT2D eigenvalue weighted by molar-refractivity contribution is 7.89. The summed E-state index contributed by atoms with van der Waals surface area (Å²) in [7, 11) is -3.70. The lowest BCUT2D eigenvalue weighted by atomic mass is 9.97. The summed E-state index contributed by atoms with van der Waals surface area (Å²) in [6.07, 6.45) is 0.770. The Morgan fingerprint density at radius 3 is 2.44 bits per heavy atom. The summed E-state index contributed by atoms with van der Waals surface area (Å²) < 4.78 is 31.7. The van der Waals surface area contributed by atoms with Crippen LogP contribution in [0.1, 0.15) is 31.2 Å². The van der Waals surface area contributed by atoms with Crippen molar-refractivity contribution >= 4 is 21.9 Å². The van der Waals surface area contributed by atoms with Gasteiger partial charge in [0.1, 0.15) is 10.6 Å². The number of carboxylic acid groups (broad SMARTS) is 1. The molecule has 25 heavy (non-hydrogen) atoms. The van der Waals surface area contributed by atoms with Crippen LogP contribution in [0.2, 0.25) is 0 Å². The van der Waals surface area contributed by atoms with Gasteiger partial charge in [-0.15, -0.1) is 0 Å². The fourth-order valence-electron chi connectivity index (χ4n) is 2.82. The lowest BCUT2D eigenvalue weighted by Crippen LogP contribution is -2.44. The van der Waals surface area contributed by atoms with E-state index in [0.717, 1.165) is 0 Å². The van der Waals surface area contributed by atoms with Crippen molar-refractivity contribution in [2.75, 3.05) is 19.6 Å². The molecule has 9 nitrogen and oxygen atoms in total. The Labute approximate surface area is 146 Å². The van der Waals surface area contributed by atoms with Crippen molar-refractivity contribution in [2.45, 2.75) is 38.5 Å². The molecule has 1 aliphatic heterocycles. The van der Waals surface area contributed by atoms with E-state index in [-0.39, 0.29) is 42.1 Å². The minimum Gasteiger partial charge on any atom is -0.481 e. The number of aliphatic carboxylic acids is 1. The lowest BCUT2D eigenvalue weighted by molar-refractivity contribution is -0.141. The predicted molar refractivity (Wildman–Crippen MR) is 87.3 cm³/mol. The molecule has 1 atom stereocenters. The van der Waals surface area contributed by atoms with Crippen LogP contribution < -0.4 is 5.32 Å². The molecule has 140 valence electrons. The van der Waals surface area contributed by atoms with E-state index in [2.05, 4.69) is 10.5 Å². The molecular formula is C15H23N3O6S. The van der Waals surface area contributed by atoms with E-state index in [4.69, 9.17) is 9.63 Å². The molecular weight excluding hydrogens is 350 g/mol. The molecule has 1 aromatic heterocycles. The van der Waals surface area contributed by atoms with Crippen LogP contribution in [0, 0.1) is 25.7 Å². The van der Waals surface area contributed by atoms with Gasteiger partial charge in [0.25, 0.3) is 0 Å². The highest BCUT2D eigenvalue weighted by atomic mass is 32.2. The normalized spacial score (nSPS) is 18.0. The molecule has 1 aliphatic rings. The Hall–Kier alpha value is -1.94. The number of nitrogens with one attached hydrogen (secondary N) is 1. The zero-order valence-electron chi connectivity index (χ0n) is 14.5. The second kappa shape index (κ2) is 7.52. The SMILES string of the molecule is Cc1noc(C)c1S(=O)(=O)N1CCC(C(=O)NCC(C)C(=O)O)CC1. The highest BCUT2D eigenvalue weighted by Crippen LogP contribution is 2.27. The summed E-state index contributed by atoms with van der Waals surface area (Å²) in [4.78, 5) is 23.0. The number of rotatable bonds is 6. The number of hydrogen-bond donors (Lipinski definition) is 2. The molecule has 1 fully saturated rings. The molecule has 1 aromatic rings. The first-order valence-electron chi connectivity index (χ1n) is 8.08. The molecule has 2 N–H and O–H groups in total. The van der Waals surface area contributed by atoms with Gasteiger partial charge in [-0.05, 0) is 26.7 Å². The van der Waals surface area contributed by atoms with Crippen LogP contribution in [-0.4, -0.2) is 54.5 Å². The Morgan fingerprint density at radius 2 is 1.96 bits per heavy atom. The topological polar surface area (TPSA) is 130 Å². The molecule has 1 saturated heterocycles. The zero-order valence-corrected chi connectivity index (χ0v) is 15.3. The fourth-order valence-corrected chi connectivity index (χ4v) is 4.58. The van der Waals surface area contributed by atoms with E-state index in [1.165, 1.54) is 11.2 Å². The number of carbonyl (C=O) groups excluding carboxylic acids is 1. The van der Waals surface area contributed by atoms with Gasteiger partial charge in [0.15, 0.2) is 5.76 Å². The molecule has 1 unspecified atom stereocenters. The number of hydrogen-bond acceptors (Lipinski definition) is 6. The second-order valence-corrected chi connectivity index (χ2v) is 8.19. The van der Waals surface area contributed by atoms with E-state index in [0.29, 0.717) is 18.5 Å². The van der Waals surface area contributed by atoms with Crippen molar-refractivity contribution in [1.29, 1.82) is 0 Å². The third-order valence-electron chi connectivity index (χ3n) is 4.39. The number of carbonyl (C=O) groups is 2. The number of nitrogens with zero attached hydrogens (tertiary/aromatic N) is 2. The Balaban J connectivity index is 1.95. The van der Waals surface area contributed by atoms with E-state index in [1.54, 1.807) is 13.8 Å². The number of amides is 1. The van der Waals surface area contributed by atoms with Gasteiger partial charge < -0.3 is 14.9 Å². The molecule has 1 amide bonds. The third kappa shape index (κ3) is 4.18. The average molecular weight is 373 g/mol. The Bertz CT molecular complexity index is 730. The monoisotopic (exact) mass is 373 g/mol. The molecule has 0 saturated carbocycles. The first-order valence-corrected chi connectivity index (χ1v) is 9.52. The summed E-state index contributed by atoms with van der Waals surface area (Å²) in [5.74, 6) is -1.94. The minimum absolute atomic E-state index is 0.0613. The maximum absolute atomic E-state index is 12.7. The number of aryl methyl sites for hydroxylation is 2. The van der Waals surface area contributed by atoms with Gasteiger partial charge in [0, 0.05) is 25.6 Å². The molecule has 2 rings (SSSR count). The quantitative estimate of drug-likeness (QED) is 0.744. The number of carboxylic acids is 1. The number of aromatic nitrogens is 1. The summed E-state index contributed by atoms with van der Waals surface area (Å²) in [5.41, 5.74) is 0.319. The molecule has 0 aromatic carbocycles. The van der Waals surface area contributed by atoms with E-state index in [9.17, 15) is 18.0 Å². The van der Waals surface area contributed by atoms with Crippen LogP contribution in [0.25, 0.3) is 0 Å². The maximum Gasteiger partial charge on any atom is 0.308 e. The van der Waals surface area contributed by atoms with Gasteiger partial charge >= 0.3 is 5.97 Å².